The van der Waals surface area contributed by atoms with Gasteiger partial charge in [-0.1, -0.05) is 0 Å². The van der Waals surface area contributed by atoms with Crippen LogP contribution in [-0.2, 0) is 4.74 Å². The van der Waals surface area contributed by atoms with Crippen molar-refractivity contribution in [2.75, 3.05) is 18.1 Å². The number of carbonyl (C=O) groups is 1. The Bertz CT molecular complexity index is 394. The SMILES string of the molecule is CNc1ccc(C(=O)OC(C)(C)C)cc1N. The molecule has 1 aromatic carbocycles. The molecule has 0 heterocycles. The van der Waals surface area contributed by atoms with E-state index < -0.39 is 5.60 Å². The number of anilines is 2. The standard InChI is InChI=1S/C12H18N2O2/c1-12(2,3)16-11(15)8-5-6-10(14-4)9(13)7-8/h5-7,14H,13H2,1-4H3. The van der Waals surface area contributed by atoms with Crippen molar-refractivity contribution in [3.63, 3.8) is 0 Å². The topological polar surface area (TPSA) is 64.3 Å². The van der Waals surface area contributed by atoms with Gasteiger partial charge in [0.25, 0.3) is 0 Å². The van der Waals surface area contributed by atoms with E-state index >= 15 is 0 Å². The van der Waals surface area contributed by atoms with Gasteiger partial charge in [-0.25, -0.2) is 4.79 Å². The molecule has 1 aromatic rings. The average Bonchev–Trinajstić information content (AvgIpc) is 2.15. The van der Waals surface area contributed by atoms with Gasteiger partial charge < -0.3 is 15.8 Å². The zero-order chi connectivity index (χ0) is 12.3. The zero-order valence-electron chi connectivity index (χ0n) is 10.1. The van der Waals surface area contributed by atoms with Gasteiger partial charge >= 0.3 is 5.97 Å². The summed E-state index contributed by atoms with van der Waals surface area (Å²) in [6.07, 6.45) is 0. The maximum atomic E-state index is 11.7. The minimum Gasteiger partial charge on any atom is -0.456 e. The molecule has 0 fully saturated rings. The van der Waals surface area contributed by atoms with E-state index in [0.717, 1.165) is 5.69 Å². The van der Waals surface area contributed by atoms with Crippen molar-refractivity contribution < 1.29 is 9.53 Å². The molecule has 0 atom stereocenters. The van der Waals surface area contributed by atoms with E-state index in [9.17, 15) is 4.79 Å². The van der Waals surface area contributed by atoms with E-state index in [0.29, 0.717) is 11.3 Å². The second-order valence-electron chi connectivity index (χ2n) is 4.55. The third-order valence-electron chi connectivity index (χ3n) is 1.96. The van der Waals surface area contributed by atoms with E-state index in [1.165, 1.54) is 0 Å². The van der Waals surface area contributed by atoms with Crippen LogP contribution in [-0.4, -0.2) is 18.6 Å². The maximum Gasteiger partial charge on any atom is 0.338 e. The van der Waals surface area contributed by atoms with Gasteiger partial charge in [0.1, 0.15) is 5.60 Å². The Morgan fingerprint density at radius 1 is 1.38 bits per heavy atom. The molecular formula is C12H18N2O2. The van der Waals surface area contributed by atoms with E-state index in [2.05, 4.69) is 5.32 Å². The summed E-state index contributed by atoms with van der Waals surface area (Å²) in [5, 5.41) is 2.93. The Morgan fingerprint density at radius 2 is 2.00 bits per heavy atom. The summed E-state index contributed by atoms with van der Waals surface area (Å²) in [5.74, 6) is -0.359. The van der Waals surface area contributed by atoms with Gasteiger partial charge in [0.15, 0.2) is 0 Å². The second kappa shape index (κ2) is 4.43. The fourth-order valence-electron chi connectivity index (χ4n) is 1.25. The van der Waals surface area contributed by atoms with Gasteiger partial charge in [0.2, 0.25) is 0 Å². The molecule has 0 amide bonds. The molecule has 88 valence electrons. The molecule has 0 aliphatic rings. The van der Waals surface area contributed by atoms with E-state index in [-0.39, 0.29) is 5.97 Å². The lowest BCUT2D eigenvalue weighted by Gasteiger charge is -2.19. The highest BCUT2D eigenvalue weighted by Crippen LogP contribution is 2.21. The van der Waals surface area contributed by atoms with Crippen molar-refractivity contribution in [3.8, 4) is 0 Å². The molecule has 3 N–H and O–H groups in total. The van der Waals surface area contributed by atoms with Crippen LogP contribution < -0.4 is 11.1 Å². The number of carbonyl (C=O) groups excluding carboxylic acids is 1. The number of nitrogens with two attached hydrogens (primary N) is 1. The number of esters is 1. The van der Waals surface area contributed by atoms with Crippen molar-refractivity contribution >= 4 is 17.3 Å². The van der Waals surface area contributed by atoms with Crippen LogP contribution in [0.2, 0.25) is 0 Å². The van der Waals surface area contributed by atoms with Crippen LogP contribution in [0.5, 0.6) is 0 Å². The van der Waals surface area contributed by atoms with E-state index in [1.807, 2.05) is 20.8 Å². The molecule has 1 rings (SSSR count). The molecule has 0 saturated heterocycles. The van der Waals surface area contributed by atoms with Crippen LogP contribution in [0.25, 0.3) is 0 Å². The van der Waals surface area contributed by atoms with Gasteiger partial charge in [0.05, 0.1) is 16.9 Å². The lowest BCUT2D eigenvalue weighted by atomic mass is 10.1. The van der Waals surface area contributed by atoms with Crippen molar-refractivity contribution in [3.05, 3.63) is 23.8 Å². The monoisotopic (exact) mass is 222 g/mol. The van der Waals surface area contributed by atoms with Crippen LogP contribution in [0.3, 0.4) is 0 Å². The summed E-state index contributed by atoms with van der Waals surface area (Å²) in [5.41, 5.74) is 7.07. The van der Waals surface area contributed by atoms with Crippen molar-refractivity contribution in [1.82, 2.24) is 0 Å². The summed E-state index contributed by atoms with van der Waals surface area (Å²) in [6, 6.07) is 5.06. The Morgan fingerprint density at radius 3 is 2.44 bits per heavy atom. The molecule has 0 aromatic heterocycles. The van der Waals surface area contributed by atoms with Gasteiger partial charge in [-0.3, -0.25) is 0 Å². The van der Waals surface area contributed by atoms with E-state index in [1.54, 1.807) is 25.2 Å². The Labute approximate surface area is 95.8 Å². The minimum atomic E-state index is -0.493. The number of rotatable bonds is 2. The highest BCUT2D eigenvalue weighted by atomic mass is 16.6. The molecular weight excluding hydrogens is 204 g/mol. The van der Waals surface area contributed by atoms with Crippen LogP contribution >= 0.6 is 0 Å². The predicted molar refractivity (Wildman–Crippen MR) is 65.6 cm³/mol. The Hall–Kier alpha value is -1.71. The van der Waals surface area contributed by atoms with Gasteiger partial charge in [-0.2, -0.15) is 0 Å². The molecule has 0 spiro atoms. The molecule has 16 heavy (non-hydrogen) atoms. The third kappa shape index (κ3) is 3.15. The molecule has 0 saturated carbocycles. The largest absolute Gasteiger partial charge is 0.456 e. The number of nitrogens with one attached hydrogen (secondary N) is 1. The van der Waals surface area contributed by atoms with Gasteiger partial charge in [-0.15, -0.1) is 0 Å². The lowest BCUT2D eigenvalue weighted by Crippen LogP contribution is -2.23. The van der Waals surface area contributed by atoms with Crippen molar-refractivity contribution in [1.29, 1.82) is 0 Å². The normalized spacial score (nSPS) is 11.0. The molecule has 0 aliphatic carbocycles. The third-order valence-corrected chi connectivity index (χ3v) is 1.96. The van der Waals surface area contributed by atoms with Crippen LogP contribution in [0.15, 0.2) is 18.2 Å². The van der Waals surface area contributed by atoms with Crippen LogP contribution in [0, 0.1) is 0 Å². The Balaban J connectivity index is 2.89. The minimum absolute atomic E-state index is 0.359. The van der Waals surface area contributed by atoms with Crippen molar-refractivity contribution in [2.24, 2.45) is 0 Å². The van der Waals surface area contributed by atoms with Crippen molar-refractivity contribution in [2.45, 2.75) is 26.4 Å². The number of benzene rings is 1. The number of ether oxygens (including phenoxy) is 1. The predicted octanol–water partition coefficient (Wildman–Crippen LogP) is 2.27. The molecule has 0 aliphatic heterocycles. The number of hydrogen-bond acceptors (Lipinski definition) is 4. The zero-order valence-corrected chi connectivity index (χ0v) is 10.1. The van der Waals surface area contributed by atoms with Crippen LogP contribution in [0.1, 0.15) is 31.1 Å². The van der Waals surface area contributed by atoms with Gasteiger partial charge in [-0.05, 0) is 39.0 Å². The summed E-state index contributed by atoms with van der Waals surface area (Å²) in [4.78, 5) is 11.7. The molecule has 4 nitrogen and oxygen atoms in total. The maximum absolute atomic E-state index is 11.7. The smallest absolute Gasteiger partial charge is 0.338 e. The summed E-state index contributed by atoms with van der Waals surface area (Å²) in [6.45, 7) is 5.49. The highest BCUT2D eigenvalue weighted by Gasteiger charge is 2.18. The highest BCUT2D eigenvalue weighted by molar-refractivity contribution is 5.92. The second-order valence-corrected chi connectivity index (χ2v) is 4.55. The fourth-order valence-corrected chi connectivity index (χ4v) is 1.25. The van der Waals surface area contributed by atoms with Gasteiger partial charge in [0, 0.05) is 7.05 Å². The van der Waals surface area contributed by atoms with E-state index in [4.69, 9.17) is 10.5 Å². The first-order valence-electron chi connectivity index (χ1n) is 5.14. The molecule has 0 unspecified atom stereocenters. The first-order chi connectivity index (χ1) is 7.33. The summed E-state index contributed by atoms with van der Waals surface area (Å²) in [7, 11) is 1.78. The molecule has 0 bridgehead atoms. The Kier molecular flexibility index (Phi) is 3.42. The average molecular weight is 222 g/mol. The first kappa shape index (κ1) is 12.4. The quantitative estimate of drug-likeness (QED) is 0.595. The number of hydrogen-bond donors (Lipinski definition) is 2. The fraction of sp³-hybridized carbons (Fsp3) is 0.417. The summed E-state index contributed by atoms with van der Waals surface area (Å²) >= 11 is 0. The molecule has 4 heteroatoms. The lowest BCUT2D eigenvalue weighted by molar-refractivity contribution is 0.00696. The summed E-state index contributed by atoms with van der Waals surface area (Å²) < 4.78 is 5.24. The van der Waals surface area contributed by atoms with Crippen LogP contribution in [0.4, 0.5) is 11.4 Å². The first-order valence-corrected chi connectivity index (χ1v) is 5.14. The molecule has 0 radical (unpaired) electrons. The number of nitrogen functional groups attached to an aromatic ring is 1.